The molecule has 84 valence electrons. The Balaban J connectivity index is 2.38. The van der Waals surface area contributed by atoms with E-state index in [1.807, 2.05) is 6.07 Å². The summed E-state index contributed by atoms with van der Waals surface area (Å²) in [6.45, 7) is 0. The van der Waals surface area contributed by atoms with Crippen LogP contribution < -0.4 is 10.5 Å². The lowest BCUT2D eigenvalue weighted by Crippen LogP contribution is -1.97. The van der Waals surface area contributed by atoms with Gasteiger partial charge in [0.15, 0.2) is 5.75 Å². The standard InChI is InChI=1S/C11H7IN4O/c12-8-4-7(6-13)5-9(14)11(8)17-10-2-1-3-15-16-10/h1-5H,14H2. The molecule has 0 atom stereocenters. The van der Waals surface area contributed by atoms with Gasteiger partial charge in [0.2, 0.25) is 5.88 Å². The molecule has 1 aromatic carbocycles. The molecular formula is C11H7IN4O. The zero-order valence-corrected chi connectivity index (χ0v) is 10.7. The minimum atomic E-state index is 0.363. The van der Waals surface area contributed by atoms with E-state index in [0.29, 0.717) is 22.9 Å². The third-order valence-electron chi connectivity index (χ3n) is 1.96. The number of halogens is 1. The summed E-state index contributed by atoms with van der Waals surface area (Å²) in [6, 6.07) is 8.69. The summed E-state index contributed by atoms with van der Waals surface area (Å²) in [5.41, 5.74) is 6.72. The van der Waals surface area contributed by atoms with Crippen LogP contribution in [-0.4, -0.2) is 10.2 Å². The lowest BCUT2D eigenvalue weighted by molar-refractivity contribution is 0.454. The first-order valence-electron chi connectivity index (χ1n) is 4.65. The molecule has 2 aromatic rings. The van der Waals surface area contributed by atoms with Gasteiger partial charge >= 0.3 is 0 Å². The quantitative estimate of drug-likeness (QED) is 0.671. The Kier molecular flexibility index (Phi) is 3.39. The number of aromatic nitrogens is 2. The monoisotopic (exact) mass is 338 g/mol. The first kappa shape index (κ1) is 11.6. The van der Waals surface area contributed by atoms with E-state index in [1.54, 1.807) is 30.5 Å². The zero-order chi connectivity index (χ0) is 12.3. The highest BCUT2D eigenvalue weighted by atomic mass is 127. The molecule has 0 bridgehead atoms. The molecule has 0 saturated heterocycles. The molecule has 1 aromatic heterocycles. The molecule has 1 heterocycles. The number of nitrogen functional groups attached to an aromatic ring is 1. The van der Waals surface area contributed by atoms with Gasteiger partial charge in [0.25, 0.3) is 0 Å². The highest BCUT2D eigenvalue weighted by Gasteiger charge is 2.10. The van der Waals surface area contributed by atoms with E-state index in [0.717, 1.165) is 3.57 Å². The maximum absolute atomic E-state index is 8.80. The van der Waals surface area contributed by atoms with Gasteiger partial charge in [-0.3, -0.25) is 0 Å². The summed E-state index contributed by atoms with van der Waals surface area (Å²) < 4.78 is 6.28. The summed E-state index contributed by atoms with van der Waals surface area (Å²) in [5, 5.41) is 16.3. The Labute approximate surface area is 111 Å². The van der Waals surface area contributed by atoms with Crippen LogP contribution in [0, 0.1) is 14.9 Å². The van der Waals surface area contributed by atoms with Crippen molar-refractivity contribution in [3.05, 3.63) is 39.6 Å². The van der Waals surface area contributed by atoms with Crippen LogP contribution in [0.2, 0.25) is 0 Å². The van der Waals surface area contributed by atoms with Gasteiger partial charge in [0.1, 0.15) is 0 Å². The largest absolute Gasteiger partial charge is 0.434 e. The molecule has 6 heteroatoms. The van der Waals surface area contributed by atoms with Crippen molar-refractivity contribution in [2.45, 2.75) is 0 Å². The second-order valence-corrected chi connectivity index (χ2v) is 4.31. The van der Waals surface area contributed by atoms with Crippen LogP contribution in [0.3, 0.4) is 0 Å². The van der Waals surface area contributed by atoms with Crippen LogP contribution in [0.5, 0.6) is 11.6 Å². The molecule has 2 rings (SSSR count). The summed E-state index contributed by atoms with van der Waals surface area (Å²) in [6.07, 6.45) is 1.56. The number of nitrogens with zero attached hydrogens (tertiary/aromatic N) is 3. The predicted octanol–water partition coefficient (Wildman–Crippen LogP) is 2.33. The first-order chi connectivity index (χ1) is 8.20. The van der Waals surface area contributed by atoms with Crippen LogP contribution in [0.25, 0.3) is 0 Å². The fraction of sp³-hybridized carbons (Fsp3) is 0. The van der Waals surface area contributed by atoms with E-state index in [-0.39, 0.29) is 0 Å². The molecule has 0 amide bonds. The molecule has 0 aliphatic carbocycles. The van der Waals surface area contributed by atoms with Crippen molar-refractivity contribution in [3.8, 4) is 17.7 Å². The summed E-state index contributed by atoms with van der Waals surface area (Å²) in [7, 11) is 0. The highest BCUT2D eigenvalue weighted by Crippen LogP contribution is 2.32. The van der Waals surface area contributed by atoms with E-state index >= 15 is 0 Å². The van der Waals surface area contributed by atoms with Gasteiger partial charge in [-0.15, -0.1) is 5.10 Å². The maximum Gasteiger partial charge on any atom is 0.238 e. The van der Waals surface area contributed by atoms with E-state index in [4.69, 9.17) is 15.7 Å². The van der Waals surface area contributed by atoms with Gasteiger partial charge < -0.3 is 10.5 Å². The van der Waals surface area contributed by atoms with E-state index in [1.165, 1.54) is 0 Å². The average molecular weight is 338 g/mol. The Morgan fingerprint density at radius 1 is 1.41 bits per heavy atom. The summed E-state index contributed by atoms with van der Waals surface area (Å²) in [4.78, 5) is 0. The van der Waals surface area contributed by atoms with Crippen molar-refractivity contribution in [1.82, 2.24) is 10.2 Å². The molecule has 0 radical (unpaired) electrons. The number of anilines is 1. The fourth-order valence-corrected chi connectivity index (χ4v) is 1.99. The number of ether oxygens (including phenoxy) is 1. The SMILES string of the molecule is N#Cc1cc(N)c(Oc2cccnn2)c(I)c1. The Hall–Kier alpha value is -1.88. The molecule has 0 aliphatic rings. The van der Waals surface area contributed by atoms with Gasteiger partial charge in [0.05, 0.1) is 20.9 Å². The third-order valence-corrected chi connectivity index (χ3v) is 2.76. The Morgan fingerprint density at radius 2 is 2.24 bits per heavy atom. The number of nitrogens with two attached hydrogens (primary N) is 1. The number of hydrogen-bond acceptors (Lipinski definition) is 5. The zero-order valence-electron chi connectivity index (χ0n) is 8.59. The van der Waals surface area contributed by atoms with Crippen molar-refractivity contribution in [3.63, 3.8) is 0 Å². The molecular weight excluding hydrogens is 331 g/mol. The second kappa shape index (κ2) is 4.97. The second-order valence-electron chi connectivity index (χ2n) is 3.15. The predicted molar refractivity (Wildman–Crippen MR) is 70.4 cm³/mol. The number of benzene rings is 1. The van der Waals surface area contributed by atoms with Crippen LogP contribution in [0.1, 0.15) is 5.56 Å². The van der Waals surface area contributed by atoms with Gasteiger partial charge in [-0.05, 0) is 40.8 Å². The highest BCUT2D eigenvalue weighted by molar-refractivity contribution is 14.1. The smallest absolute Gasteiger partial charge is 0.238 e. The maximum atomic E-state index is 8.80. The number of hydrogen-bond donors (Lipinski definition) is 1. The Morgan fingerprint density at radius 3 is 2.82 bits per heavy atom. The first-order valence-corrected chi connectivity index (χ1v) is 5.73. The van der Waals surface area contributed by atoms with E-state index in [2.05, 4.69) is 32.8 Å². The topological polar surface area (TPSA) is 84.8 Å². The lowest BCUT2D eigenvalue weighted by Gasteiger charge is -2.09. The molecule has 0 spiro atoms. The molecule has 0 fully saturated rings. The van der Waals surface area contributed by atoms with Crippen molar-refractivity contribution in [2.75, 3.05) is 5.73 Å². The summed E-state index contributed by atoms with van der Waals surface area (Å²) in [5.74, 6) is 0.854. The molecule has 17 heavy (non-hydrogen) atoms. The average Bonchev–Trinajstić information content (AvgIpc) is 2.35. The summed E-state index contributed by atoms with van der Waals surface area (Å²) >= 11 is 2.06. The normalized spacial score (nSPS) is 9.65. The molecule has 0 unspecified atom stereocenters. The molecule has 5 nitrogen and oxygen atoms in total. The van der Waals surface area contributed by atoms with Gasteiger partial charge in [-0.2, -0.15) is 10.4 Å². The lowest BCUT2D eigenvalue weighted by atomic mass is 10.2. The van der Waals surface area contributed by atoms with Crippen LogP contribution in [0.4, 0.5) is 5.69 Å². The van der Waals surface area contributed by atoms with Crippen LogP contribution in [-0.2, 0) is 0 Å². The van der Waals surface area contributed by atoms with Gasteiger partial charge in [-0.1, -0.05) is 0 Å². The Bertz CT molecular complexity index is 557. The third kappa shape index (κ3) is 2.62. The molecule has 0 saturated carbocycles. The van der Waals surface area contributed by atoms with Crippen molar-refractivity contribution in [1.29, 1.82) is 5.26 Å². The van der Waals surface area contributed by atoms with Crippen LogP contribution in [0.15, 0.2) is 30.5 Å². The molecule has 0 aliphatic heterocycles. The van der Waals surface area contributed by atoms with Gasteiger partial charge in [-0.25, -0.2) is 0 Å². The van der Waals surface area contributed by atoms with E-state index in [9.17, 15) is 0 Å². The number of nitriles is 1. The van der Waals surface area contributed by atoms with Gasteiger partial charge in [0, 0.05) is 12.3 Å². The van der Waals surface area contributed by atoms with Crippen molar-refractivity contribution < 1.29 is 4.74 Å². The van der Waals surface area contributed by atoms with E-state index < -0.39 is 0 Å². The fourth-order valence-electron chi connectivity index (χ4n) is 1.23. The van der Waals surface area contributed by atoms with Crippen LogP contribution >= 0.6 is 22.6 Å². The molecule has 2 N–H and O–H groups in total. The number of rotatable bonds is 2. The van der Waals surface area contributed by atoms with Crippen molar-refractivity contribution in [2.24, 2.45) is 0 Å². The minimum absolute atomic E-state index is 0.363. The minimum Gasteiger partial charge on any atom is -0.434 e. The van der Waals surface area contributed by atoms with Crippen molar-refractivity contribution >= 4 is 28.3 Å².